The molecule has 2 unspecified atom stereocenters. The van der Waals surface area contributed by atoms with E-state index >= 15 is 0 Å². The molecule has 2 atom stereocenters. The van der Waals surface area contributed by atoms with Gasteiger partial charge in [-0.15, -0.1) is 0 Å². The highest BCUT2D eigenvalue weighted by Crippen LogP contribution is 2.03. The standard InChI is InChI=1S/C10H21NO2S/c1-4-14-6-5-10(13)11-9(3)8(2)7-12/h8-9,12H,4-7H2,1-3H3,(H,11,13). The lowest BCUT2D eigenvalue weighted by Crippen LogP contribution is -2.38. The Bertz CT molecular complexity index is 164. The van der Waals surface area contributed by atoms with E-state index < -0.39 is 0 Å². The Labute approximate surface area is 90.7 Å². The molecule has 0 aromatic rings. The van der Waals surface area contributed by atoms with Crippen LogP contribution in [0.2, 0.25) is 0 Å². The lowest BCUT2D eigenvalue weighted by atomic mass is 10.1. The van der Waals surface area contributed by atoms with Crippen LogP contribution in [-0.2, 0) is 4.79 Å². The van der Waals surface area contributed by atoms with Crippen molar-refractivity contribution in [3.8, 4) is 0 Å². The fourth-order valence-electron chi connectivity index (χ4n) is 0.936. The van der Waals surface area contributed by atoms with Gasteiger partial charge < -0.3 is 10.4 Å². The third-order valence-corrected chi connectivity index (χ3v) is 3.11. The highest BCUT2D eigenvalue weighted by molar-refractivity contribution is 7.99. The fourth-order valence-corrected chi connectivity index (χ4v) is 1.55. The zero-order chi connectivity index (χ0) is 11.0. The van der Waals surface area contributed by atoms with Gasteiger partial charge in [-0.05, 0) is 18.6 Å². The Kier molecular flexibility index (Phi) is 7.99. The zero-order valence-corrected chi connectivity index (χ0v) is 10.1. The molecular weight excluding hydrogens is 198 g/mol. The summed E-state index contributed by atoms with van der Waals surface area (Å²) in [6.45, 7) is 6.04. The molecule has 4 heteroatoms. The van der Waals surface area contributed by atoms with Crippen LogP contribution in [-0.4, -0.2) is 35.2 Å². The molecule has 0 saturated heterocycles. The Morgan fingerprint density at radius 3 is 2.64 bits per heavy atom. The van der Waals surface area contributed by atoms with Gasteiger partial charge in [0.2, 0.25) is 5.91 Å². The lowest BCUT2D eigenvalue weighted by molar-refractivity contribution is -0.121. The summed E-state index contributed by atoms with van der Waals surface area (Å²) in [6, 6.07) is 0.0547. The summed E-state index contributed by atoms with van der Waals surface area (Å²) in [7, 11) is 0. The van der Waals surface area contributed by atoms with E-state index in [4.69, 9.17) is 5.11 Å². The van der Waals surface area contributed by atoms with E-state index in [2.05, 4.69) is 12.2 Å². The zero-order valence-electron chi connectivity index (χ0n) is 9.25. The first-order valence-corrected chi connectivity index (χ1v) is 6.25. The molecule has 14 heavy (non-hydrogen) atoms. The molecule has 0 spiro atoms. The SMILES string of the molecule is CCSCCC(=O)NC(C)C(C)CO. The topological polar surface area (TPSA) is 49.3 Å². The summed E-state index contributed by atoms with van der Waals surface area (Å²) in [5.74, 6) is 2.13. The summed E-state index contributed by atoms with van der Waals surface area (Å²) in [6.07, 6.45) is 0.570. The summed E-state index contributed by atoms with van der Waals surface area (Å²) in [5.41, 5.74) is 0. The molecule has 2 N–H and O–H groups in total. The number of carbonyl (C=O) groups is 1. The molecule has 0 aromatic carbocycles. The summed E-state index contributed by atoms with van der Waals surface area (Å²) >= 11 is 1.77. The fraction of sp³-hybridized carbons (Fsp3) is 0.900. The lowest BCUT2D eigenvalue weighted by Gasteiger charge is -2.19. The quantitative estimate of drug-likeness (QED) is 0.634. The second-order valence-electron chi connectivity index (χ2n) is 3.46. The van der Waals surface area contributed by atoms with Crippen molar-refractivity contribution in [1.29, 1.82) is 0 Å². The number of nitrogens with one attached hydrogen (secondary N) is 1. The molecule has 0 fully saturated rings. The number of carbonyl (C=O) groups excluding carboxylic acids is 1. The van der Waals surface area contributed by atoms with Crippen LogP contribution in [0.25, 0.3) is 0 Å². The van der Waals surface area contributed by atoms with Crippen LogP contribution in [0, 0.1) is 5.92 Å². The maximum Gasteiger partial charge on any atom is 0.221 e. The minimum absolute atomic E-state index is 0.0547. The van der Waals surface area contributed by atoms with Gasteiger partial charge in [-0.2, -0.15) is 11.8 Å². The molecule has 0 aliphatic carbocycles. The normalized spacial score (nSPS) is 14.9. The van der Waals surface area contributed by atoms with E-state index in [0.717, 1.165) is 11.5 Å². The van der Waals surface area contributed by atoms with Gasteiger partial charge in [0, 0.05) is 24.8 Å². The number of aliphatic hydroxyl groups is 1. The maximum absolute atomic E-state index is 11.3. The molecule has 0 aliphatic heterocycles. The average Bonchev–Trinajstić information content (AvgIpc) is 2.16. The van der Waals surface area contributed by atoms with E-state index in [-0.39, 0.29) is 24.5 Å². The molecule has 0 rings (SSSR count). The predicted octanol–water partition coefficient (Wildman–Crippen LogP) is 1.26. The van der Waals surface area contributed by atoms with E-state index in [1.54, 1.807) is 11.8 Å². The van der Waals surface area contributed by atoms with Gasteiger partial charge in [0.05, 0.1) is 0 Å². The van der Waals surface area contributed by atoms with Gasteiger partial charge in [0.15, 0.2) is 0 Å². The first kappa shape index (κ1) is 13.8. The number of rotatable bonds is 7. The molecule has 0 aromatic heterocycles. The Morgan fingerprint density at radius 1 is 1.50 bits per heavy atom. The molecule has 84 valence electrons. The number of thioether (sulfide) groups is 1. The monoisotopic (exact) mass is 219 g/mol. The second-order valence-corrected chi connectivity index (χ2v) is 4.86. The van der Waals surface area contributed by atoms with E-state index in [0.29, 0.717) is 6.42 Å². The molecule has 3 nitrogen and oxygen atoms in total. The third-order valence-electron chi connectivity index (χ3n) is 2.21. The molecule has 0 aliphatic rings. The largest absolute Gasteiger partial charge is 0.396 e. The van der Waals surface area contributed by atoms with Gasteiger partial charge in [-0.3, -0.25) is 4.79 Å². The van der Waals surface area contributed by atoms with E-state index in [1.165, 1.54) is 0 Å². The van der Waals surface area contributed by atoms with Gasteiger partial charge in [0.25, 0.3) is 0 Å². The summed E-state index contributed by atoms with van der Waals surface area (Å²) in [5, 5.41) is 11.8. The number of hydrogen-bond donors (Lipinski definition) is 2. The maximum atomic E-state index is 11.3. The van der Waals surface area contributed by atoms with Crippen molar-refractivity contribution >= 4 is 17.7 Å². The molecule has 0 saturated carbocycles. The Balaban J connectivity index is 3.60. The number of aliphatic hydroxyl groups excluding tert-OH is 1. The Hall–Kier alpha value is -0.220. The van der Waals surface area contributed by atoms with Gasteiger partial charge in [-0.25, -0.2) is 0 Å². The van der Waals surface area contributed by atoms with Crippen LogP contribution in [0.1, 0.15) is 27.2 Å². The molecule has 1 amide bonds. The van der Waals surface area contributed by atoms with Crippen molar-refractivity contribution in [2.24, 2.45) is 5.92 Å². The predicted molar refractivity (Wildman–Crippen MR) is 61.5 cm³/mol. The molecular formula is C10H21NO2S. The second kappa shape index (κ2) is 8.12. The van der Waals surface area contributed by atoms with Crippen LogP contribution in [0.15, 0.2) is 0 Å². The molecule has 0 bridgehead atoms. The Morgan fingerprint density at radius 2 is 2.14 bits per heavy atom. The minimum Gasteiger partial charge on any atom is -0.396 e. The van der Waals surface area contributed by atoms with Gasteiger partial charge in [-0.1, -0.05) is 13.8 Å². The molecule has 0 heterocycles. The van der Waals surface area contributed by atoms with E-state index in [9.17, 15) is 4.79 Å². The first-order valence-electron chi connectivity index (χ1n) is 5.09. The van der Waals surface area contributed by atoms with E-state index in [1.807, 2.05) is 13.8 Å². The van der Waals surface area contributed by atoms with Crippen LogP contribution < -0.4 is 5.32 Å². The van der Waals surface area contributed by atoms with Crippen molar-refractivity contribution in [3.05, 3.63) is 0 Å². The summed E-state index contributed by atoms with van der Waals surface area (Å²) < 4.78 is 0. The van der Waals surface area contributed by atoms with Crippen LogP contribution in [0.4, 0.5) is 0 Å². The average molecular weight is 219 g/mol. The van der Waals surface area contributed by atoms with Gasteiger partial charge in [0.1, 0.15) is 0 Å². The van der Waals surface area contributed by atoms with Crippen molar-refractivity contribution < 1.29 is 9.90 Å². The molecule has 0 radical (unpaired) electrons. The van der Waals surface area contributed by atoms with Crippen molar-refractivity contribution in [2.75, 3.05) is 18.1 Å². The van der Waals surface area contributed by atoms with Crippen molar-refractivity contribution in [1.82, 2.24) is 5.32 Å². The van der Waals surface area contributed by atoms with Gasteiger partial charge >= 0.3 is 0 Å². The highest BCUT2D eigenvalue weighted by Gasteiger charge is 2.13. The van der Waals surface area contributed by atoms with Crippen LogP contribution in [0.5, 0.6) is 0 Å². The number of amides is 1. The van der Waals surface area contributed by atoms with Crippen LogP contribution in [0.3, 0.4) is 0 Å². The number of hydrogen-bond acceptors (Lipinski definition) is 3. The smallest absolute Gasteiger partial charge is 0.221 e. The minimum atomic E-state index is 0.0547. The first-order chi connectivity index (χ1) is 6.61. The third kappa shape index (κ3) is 6.27. The van der Waals surface area contributed by atoms with Crippen molar-refractivity contribution in [3.63, 3.8) is 0 Å². The highest BCUT2D eigenvalue weighted by atomic mass is 32.2. The summed E-state index contributed by atoms with van der Waals surface area (Å²) in [4.78, 5) is 11.3. The van der Waals surface area contributed by atoms with Crippen molar-refractivity contribution in [2.45, 2.75) is 33.2 Å². The van der Waals surface area contributed by atoms with Crippen LogP contribution >= 0.6 is 11.8 Å².